The van der Waals surface area contributed by atoms with Gasteiger partial charge in [0.05, 0.1) is 14.2 Å². The summed E-state index contributed by atoms with van der Waals surface area (Å²) >= 11 is 0. The number of rotatable bonds is 7. The normalized spacial score (nSPS) is 19.7. The van der Waals surface area contributed by atoms with Crippen LogP contribution < -0.4 is 9.47 Å². The predicted octanol–water partition coefficient (Wildman–Crippen LogP) is 6.16. The smallest absolute Gasteiger partial charge is 0.253 e. The number of hydrogen-bond donors (Lipinski definition) is 0. The molecule has 38 heavy (non-hydrogen) atoms. The molecule has 2 saturated heterocycles. The zero-order valence-electron chi connectivity index (χ0n) is 23.0. The van der Waals surface area contributed by atoms with Gasteiger partial charge in [0.1, 0.15) is 11.5 Å². The fourth-order valence-corrected chi connectivity index (χ4v) is 6.35. The Kier molecular flexibility index (Phi) is 8.04. The van der Waals surface area contributed by atoms with Gasteiger partial charge in [0.2, 0.25) is 0 Å². The maximum Gasteiger partial charge on any atom is 0.253 e. The van der Waals surface area contributed by atoms with E-state index in [0.29, 0.717) is 5.92 Å². The third kappa shape index (κ3) is 5.58. The van der Waals surface area contributed by atoms with Crippen molar-refractivity contribution < 1.29 is 14.3 Å². The molecule has 0 bridgehead atoms. The van der Waals surface area contributed by atoms with E-state index in [4.69, 9.17) is 9.47 Å². The lowest BCUT2D eigenvalue weighted by molar-refractivity contribution is 0.0682. The largest absolute Gasteiger partial charge is 0.497 e. The van der Waals surface area contributed by atoms with Crippen molar-refractivity contribution in [1.29, 1.82) is 0 Å². The van der Waals surface area contributed by atoms with Gasteiger partial charge in [-0.2, -0.15) is 0 Å². The first-order valence-corrected chi connectivity index (χ1v) is 13.9. The number of hydrogen-bond acceptors (Lipinski definition) is 4. The van der Waals surface area contributed by atoms with Crippen molar-refractivity contribution in [3.8, 4) is 11.5 Å². The van der Waals surface area contributed by atoms with Crippen molar-refractivity contribution in [2.24, 2.45) is 5.92 Å². The number of benzene rings is 3. The first-order valence-electron chi connectivity index (χ1n) is 13.9. The average Bonchev–Trinajstić information content (AvgIpc) is 2.97. The maximum absolute atomic E-state index is 13.3. The standard InChI is InChI=1S/C33H40N2O3/c1-25-7-5-20-35(22-25)32(36)27-9-4-8-26(21-27)23-34-19-6-18-33(24-34,28-10-14-30(37-2)15-11-28)29-12-16-31(38-3)17-13-29/h4,8-17,21,25H,5-7,18-20,22-24H2,1-3H3. The molecule has 1 amide bonds. The number of methoxy groups -OCH3 is 2. The SMILES string of the molecule is COc1ccc(C2(c3ccc(OC)cc3)CCCN(Cc3cccc(C(=O)N4CCCC(C)C4)c3)C2)cc1. The molecule has 2 aliphatic rings. The summed E-state index contributed by atoms with van der Waals surface area (Å²) in [7, 11) is 3.42. The average molecular weight is 513 g/mol. The molecule has 2 heterocycles. The molecular weight excluding hydrogens is 472 g/mol. The van der Waals surface area contributed by atoms with Crippen LogP contribution in [0.4, 0.5) is 0 Å². The molecule has 0 spiro atoms. The first kappa shape index (κ1) is 26.3. The van der Waals surface area contributed by atoms with Gasteiger partial charge in [-0.3, -0.25) is 9.69 Å². The number of nitrogens with zero attached hydrogens (tertiary/aromatic N) is 2. The summed E-state index contributed by atoms with van der Waals surface area (Å²) in [4.78, 5) is 17.8. The predicted molar refractivity (Wildman–Crippen MR) is 152 cm³/mol. The van der Waals surface area contributed by atoms with Crippen molar-refractivity contribution in [2.75, 3.05) is 40.4 Å². The molecule has 1 unspecified atom stereocenters. The van der Waals surface area contributed by atoms with Crippen molar-refractivity contribution in [3.05, 3.63) is 95.1 Å². The van der Waals surface area contributed by atoms with Crippen LogP contribution in [-0.2, 0) is 12.0 Å². The Bertz CT molecular complexity index is 1170. The van der Waals surface area contributed by atoms with Gasteiger partial charge in [0, 0.05) is 37.2 Å². The Hall–Kier alpha value is -3.31. The fourth-order valence-electron chi connectivity index (χ4n) is 6.35. The van der Waals surface area contributed by atoms with E-state index >= 15 is 0 Å². The van der Waals surface area contributed by atoms with Crippen molar-refractivity contribution in [1.82, 2.24) is 9.80 Å². The molecule has 0 radical (unpaired) electrons. The summed E-state index contributed by atoms with van der Waals surface area (Å²) in [5, 5.41) is 0. The van der Waals surface area contributed by atoms with Gasteiger partial charge >= 0.3 is 0 Å². The molecular formula is C33H40N2O3. The highest BCUT2D eigenvalue weighted by Gasteiger charge is 2.39. The van der Waals surface area contributed by atoms with Crippen LogP contribution in [0.1, 0.15) is 59.7 Å². The van der Waals surface area contributed by atoms with E-state index in [1.807, 2.05) is 17.0 Å². The molecule has 200 valence electrons. The van der Waals surface area contributed by atoms with E-state index in [-0.39, 0.29) is 11.3 Å². The fraction of sp³-hybridized carbons (Fsp3) is 0.424. The van der Waals surface area contributed by atoms with Crippen LogP contribution in [-0.4, -0.2) is 56.1 Å². The quantitative estimate of drug-likeness (QED) is 0.380. The first-order chi connectivity index (χ1) is 18.5. The van der Waals surface area contributed by atoms with Gasteiger partial charge in [-0.25, -0.2) is 0 Å². The molecule has 5 rings (SSSR count). The number of likely N-dealkylation sites (tertiary alicyclic amines) is 2. The molecule has 5 heteroatoms. The number of carbonyl (C=O) groups is 1. The number of carbonyl (C=O) groups excluding carboxylic acids is 1. The summed E-state index contributed by atoms with van der Waals surface area (Å²) in [6.07, 6.45) is 4.48. The van der Waals surface area contributed by atoms with Gasteiger partial charge in [-0.1, -0.05) is 43.3 Å². The molecule has 0 N–H and O–H groups in total. The third-order valence-corrected chi connectivity index (χ3v) is 8.38. The minimum absolute atomic E-state index is 0.131. The highest BCUT2D eigenvalue weighted by Crippen LogP contribution is 2.42. The van der Waals surface area contributed by atoms with Gasteiger partial charge in [0.25, 0.3) is 5.91 Å². The second kappa shape index (κ2) is 11.6. The van der Waals surface area contributed by atoms with E-state index in [0.717, 1.165) is 69.0 Å². The molecule has 3 aromatic carbocycles. The van der Waals surface area contributed by atoms with Crippen molar-refractivity contribution in [3.63, 3.8) is 0 Å². The molecule has 0 aliphatic carbocycles. The van der Waals surface area contributed by atoms with Crippen molar-refractivity contribution >= 4 is 5.91 Å². The second-order valence-electron chi connectivity index (χ2n) is 11.1. The highest BCUT2D eigenvalue weighted by atomic mass is 16.5. The van der Waals surface area contributed by atoms with Gasteiger partial charge in [-0.05, 0) is 91.2 Å². The lowest BCUT2D eigenvalue weighted by atomic mass is 9.69. The van der Waals surface area contributed by atoms with E-state index in [9.17, 15) is 4.79 Å². The van der Waals surface area contributed by atoms with Gasteiger partial charge in [-0.15, -0.1) is 0 Å². The Labute approximate surface area is 227 Å². The van der Waals surface area contributed by atoms with E-state index in [1.54, 1.807) is 14.2 Å². The molecule has 5 nitrogen and oxygen atoms in total. The van der Waals surface area contributed by atoms with Crippen LogP contribution in [0.15, 0.2) is 72.8 Å². The second-order valence-corrected chi connectivity index (χ2v) is 11.1. The monoisotopic (exact) mass is 512 g/mol. The number of ether oxygens (including phenoxy) is 2. The molecule has 0 saturated carbocycles. The topological polar surface area (TPSA) is 42.0 Å². The van der Waals surface area contributed by atoms with Crippen LogP contribution >= 0.6 is 0 Å². The molecule has 1 atom stereocenters. The van der Waals surface area contributed by atoms with Crippen LogP contribution in [0.2, 0.25) is 0 Å². The Morgan fingerprint density at radius 3 is 2.16 bits per heavy atom. The van der Waals surface area contributed by atoms with Gasteiger partial charge in [0.15, 0.2) is 0 Å². The summed E-state index contributed by atoms with van der Waals surface area (Å²) in [6, 6.07) is 25.4. The van der Waals surface area contributed by atoms with E-state index in [2.05, 4.69) is 72.5 Å². The molecule has 2 fully saturated rings. The van der Waals surface area contributed by atoms with E-state index < -0.39 is 0 Å². The lowest BCUT2D eigenvalue weighted by Crippen LogP contribution is -2.46. The van der Waals surface area contributed by atoms with Gasteiger partial charge < -0.3 is 14.4 Å². The van der Waals surface area contributed by atoms with Crippen LogP contribution in [0, 0.1) is 5.92 Å². The summed E-state index contributed by atoms with van der Waals surface area (Å²) in [6.45, 7) is 6.74. The summed E-state index contributed by atoms with van der Waals surface area (Å²) in [5.74, 6) is 2.49. The van der Waals surface area contributed by atoms with Crippen LogP contribution in [0.3, 0.4) is 0 Å². The minimum atomic E-state index is -0.131. The minimum Gasteiger partial charge on any atom is -0.497 e. The Morgan fingerprint density at radius 2 is 1.55 bits per heavy atom. The van der Waals surface area contributed by atoms with Crippen LogP contribution in [0.5, 0.6) is 11.5 Å². The Morgan fingerprint density at radius 1 is 0.895 bits per heavy atom. The molecule has 3 aromatic rings. The highest BCUT2D eigenvalue weighted by molar-refractivity contribution is 5.94. The molecule has 0 aromatic heterocycles. The Balaban J connectivity index is 1.40. The number of piperidine rings is 2. The number of amides is 1. The zero-order chi connectivity index (χ0) is 26.5. The van der Waals surface area contributed by atoms with Crippen molar-refractivity contribution in [2.45, 2.75) is 44.6 Å². The lowest BCUT2D eigenvalue weighted by Gasteiger charge is -2.44. The third-order valence-electron chi connectivity index (χ3n) is 8.38. The zero-order valence-corrected chi connectivity index (χ0v) is 23.0. The van der Waals surface area contributed by atoms with E-state index in [1.165, 1.54) is 23.1 Å². The maximum atomic E-state index is 13.3. The summed E-state index contributed by atoms with van der Waals surface area (Å²) in [5.41, 5.74) is 4.48. The van der Waals surface area contributed by atoms with Crippen LogP contribution in [0.25, 0.3) is 0 Å². The summed E-state index contributed by atoms with van der Waals surface area (Å²) < 4.78 is 10.9. The molecule has 2 aliphatic heterocycles.